The highest BCUT2D eigenvalue weighted by atomic mass is 16.8. The molecule has 3 aromatic rings. The molecule has 58 heavy (non-hydrogen) atoms. The molecule has 3 saturated heterocycles. The Hall–Kier alpha value is -3.77. The van der Waals surface area contributed by atoms with Crippen molar-refractivity contribution < 1.29 is 88.6 Å². The number of hydrogen-bond donors (Lipinski definition) is 10. The molecule has 3 aliphatic heterocycles. The summed E-state index contributed by atoms with van der Waals surface area (Å²) < 4.78 is 46.9. The maximum absolute atomic E-state index is 14.7. The Bertz CT molecular complexity index is 1950. The van der Waals surface area contributed by atoms with Crippen molar-refractivity contribution in [3.63, 3.8) is 0 Å². The molecule has 0 aliphatic carbocycles. The number of allylic oxidation sites excluding steroid dienone is 2. The Labute approximate surface area is 331 Å². The first-order chi connectivity index (χ1) is 27.6. The van der Waals surface area contributed by atoms with Crippen LogP contribution in [0.25, 0.3) is 22.3 Å². The Morgan fingerprint density at radius 3 is 1.93 bits per heavy atom. The second-order valence-electron chi connectivity index (χ2n) is 14.6. The zero-order valence-corrected chi connectivity index (χ0v) is 32.0. The molecule has 3 fully saturated rings. The molecule has 0 radical (unpaired) electrons. The normalized spacial score (nSPS) is 35.4. The molecule has 10 N–H and O–H groups in total. The van der Waals surface area contributed by atoms with Crippen LogP contribution in [0.5, 0.6) is 17.2 Å². The Morgan fingerprint density at radius 2 is 1.31 bits per heavy atom. The first-order valence-electron chi connectivity index (χ1n) is 18.6. The second kappa shape index (κ2) is 18.2. The second-order valence-corrected chi connectivity index (χ2v) is 14.6. The first kappa shape index (κ1) is 43.8. The summed E-state index contributed by atoms with van der Waals surface area (Å²) in [7, 11) is 1.46. The number of benzene rings is 2. The van der Waals surface area contributed by atoms with Gasteiger partial charge in [0.2, 0.25) is 23.8 Å². The van der Waals surface area contributed by atoms with Gasteiger partial charge in [-0.2, -0.15) is 0 Å². The van der Waals surface area contributed by atoms with E-state index in [1.807, 2.05) is 19.9 Å². The molecule has 19 nitrogen and oxygen atoms in total. The number of rotatable bonds is 12. The minimum atomic E-state index is -1.89. The van der Waals surface area contributed by atoms with Gasteiger partial charge >= 0.3 is 0 Å². The molecule has 0 bridgehead atoms. The zero-order chi connectivity index (χ0) is 42.2. The molecule has 15 atom stereocenters. The highest BCUT2D eigenvalue weighted by Crippen LogP contribution is 2.39. The van der Waals surface area contributed by atoms with Crippen LogP contribution in [0.4, 0.5) is 0 Å². The lowest BCUT2D eigenvalue weighted by atomic mass is 9.97. The fraction of sp³-hybridized carbons (Fsp3) is 0.564. The van der Waals surface area contributed by atoms with Crippen molar-refractivity contribution in [3.05, 3.63) is 63.8 Å². The number of ether oxygens (including phenoxy) is 7. The van der Waals surface area contributed by atoms with E-state index in [2.05, 4.69) is 0 Å². The molecule has 0 amide bonds. The van der Waals surface area contributed by atoms with E-state index in [9.17, 15) is 55.9 Å². The molecule has 6 rings (SSSR count). The van der Waals surface area contributed by atoms with Crippen molar-refractivity contribution in [3.8, 4) is 28.6 Å². The predicted octanol–water partition coefficient (Wildman–Crippen LogP) is -1.81. The summed E-state index contributed by atoms with van der Waals surface area (Å²) in [4.78, 5) is 14.7. The Kier molecular flexibility index (Phi) is 13.8. The third-order valence-corrected chi connectivity index (χ3v) is 10.4. The van der Waals surface area contributed by atoms with Crippen LogP contribution in [0.2, 0.25) is 0 Å². The number of aliphatic hydroxyl groups is 10. The minimum absolute atomic E-state index is 0.0101. The van der Waals surface area contributed by atoms with E-state index in [1.165, 1.54) is 26.2 Å². The van der Waals surface area contributed by atoms with Crippen LogP contribution >= 0.6 is 0 Å². The van der Waals surface area contributed by atoms with Crippen molar-refractivity contribution in [2.75, 3.05) is 20.3 Å². The van der Waals surface area contributed by atoms with E-state index < -0.39 is 117 Å². The van der Waals surface area contributed by atoms with Crippen LogP contribution in [0.15, 0.2) is 57.3 Å². The van der Waals surface area contributed by atoms with E-state index in [-0.39, 0.29) is 40.0 Å². The van der Waals surface area contributed by atoms with Crippen LogP contribution in [0, 0.1) is 0 Å². The van der Waals surface area contributed by atoms with Crippen LogP contribution in [-0.4, -0.2) is 164 Å². The monoisotopic (exact) mass is 822 g/mol. The standard InChI is InChI=1S/C39H50O19/c1-15(2)5-10-19-21(53-38-32(50)29(47)26(44)22(13-40)54-38)12-11-20-25(43)35(33(56-34(19)20)17-6-8-18(51-4)9-7-17)57-39-36(30(48)27(45)23(14-41)55-39)58-37-31(49)28(46)24(42)16(3)52-37/h5-9,11-12,16,22-24,26-32,36-42,44-50H,10,13-14H2,1-4H3/t16-,22+,23+,24-,26+,27+,28+,29-,30-,31+,32+,36+,37-,38+,39-/m0/s1. The summed E-state index contributed by atoms with van der Waals surface area (Å²) in [6.07, 6.45) is -22.5. The van der Waals surface area contributed by atoms with Crippen molar-refractivity contribution in [1.82, 2.24) is 0 Å². The molecular formula is C39H50O19. The van der Waals surface area contributed by atoms with Crippen molar-refractivity contribution in [2.45, 2.75) is 119 Å². The van der Waals surface area contributed by atoms with Gasteiger partial charge in [-0.15, -0.1) is 0 Å². The molecular weight excluding hydrogens is 772 g/mol. The summed E-state index contributed by atoms with van der Waals surface area (Å²) in [5.41, 5.74) is 0.629. The van der Waals surface area contributed by atoms with Crippen LogP contribution in [0.3, 0.4) is 0 Å². The summed E-state index contributed by atoms with van der Waals surface area (Å²) >= 11 is 0. The predicted molar refractivity (Wildman–Crippen MR) is 198 cm³/mol. The summed E-state index contributed by atoms with van der Waals surface area (Å²) in [5.74, 6) is -0.172. The van der Waals surface area contributed by atoms with Gasteiger partial charge in [0.15, 0.2) is 18.2 Å². The summed E-state index contributed by atoms with van der Waals surface area (Å²) in [6, 6.07) is 9.01. The molecule has 4 heterocycles. The van der Waals surface area contributed by atoms with E-state index in [0.717, 1.165) is 5.57 Å². The highest BCUT2D eigenvalue weighted by molar-refractivity contribution is 5.86. The topological polar surface area (TPSA) is 297 Å². The van der Waals surface area contributed by atoms with Gasteiger partial charge in [0.1, 0.15) is 78.1 Å². The van der Waals surface area contributed by atoms with E-state index in [1.54, 1.807) is 24.3 Å². The highest BCUT2D eigenvalue weighted by Gasteiger charge is 2.51. The van der Waals surface area contributed by atoms with E-state index in [4.69, 9.17) is 37.6 Å². The quantitative estimate of drug-likeness (QED) is 0.0901. The van der Waals surface area contributed by atoms with Gasteiger partial charge < -0.3 is 88.6 Å². The van der Waals surface area contributed by atoms with Gasteiger partial charge in [-0.1, -0.05) is 11.6 Å². The van der Waals surface area contributed by atoms with Gasteiger partial charge in [0.05, 0.1) is 31.8 Å². The Morgan fingerprint density at radius 1 is 0.707 bits per heavy atom. The van der Waals surface area contributed by atoms with Gasteiger partial charge in [-0.3, -0.25) is 4.79 Å². The first-order valence-corrected chi connectivity index (χ1v) is 18.6. The Balaban J connectivity index is 1.48. The SMILES string of the molecule is COc1ccc(-c2oc3c(CC=C(C)C)c(O[C@@H]4O[C@H](CO)[C@@H](O)[C@H](O)[C@H]4O)ccc3c(=O)c2O[C@@H]2O[C@H](CO)[C@@H](O)[C@H](O)[C@H]2O[C@@H]2O[C@@H](C)[C@H](O)[C@@H](O)[C@H]2O)cc1. The molecule has 320 valence electrons. The largest absolute Gasteiger partial charge is 0.497 e. The number of hydrogen-bond acceptors (Lipinski definition) is 19. The molecule has 0 spiro atoms. The fourth-order valence-electron chi connectivity index (χ4n) is 6.91. The van der Waals surface area contributed by atoms with Crippen molar-refractivity contribution >= 4 is 11.0 Å². The zero-order valence-electron chi connectivity index (χ0n) is 32.0. The van der Waals surface area contributed by atoms with Gasteiger partial charge in [-0.25, -0.2) is 0 Å². The molecule has 1 aromatic heterocycles. The number of methoxy groups -OCH3 is 1. The lowest BCUT2D eigenvalue weighted by Gasteiger charge is -2.45. The van der Waals surface area contributed by atoms with Gasteiger partial charge in [-0.05, 0) is 63.6 Å². The smallest absolute Gasteiger partial charge is 0.235 e. The molecule has 2 aromatic carbocycles. The number of aliphatic hydroxyl groups excluding tert-OH is 10. The summed E-state index contributed by atoms with van der Waals surface area (Å²) in [6.45, 7) is 3.57. The average Bonchev–Trinajstić information content (AvgIpc) is 3.21. The molecule has 0 saturated carbocycles. The van der Waals surface area contributed by atoms with E-state index in [0.29, 0.717) is 5.75 Å². The van der Waals surface area contributed by atoms with Gasteiger partial charge in [0.25, 0.3) is 0 Å². The summed E-state index contributed by atoms with van der Waals surface area (Å²) in [5, 5.41) is 105. The maximum atomic E-state index is 14.7. The maximum Gasteiger partial charge on any atom is 0.235 e. The lowest BCUT2D eigenvalue weighted by molar-refractivity contribution is -0.354. The lowest BCUT2D eigenvalue weighted by Crippen LogP contribution is -2.64. The fourth-order valence-corrected chi connectivity index (χ4v) is 6.91. The van der Waals surface area contributed by atoms with Crippen LogP contribution in [-0.2, 0) is 25.4 Å². The third-order valence-electron chi connectivity index (χ3n) is 10.4. The van der Waals surface area contributed by atoms with Crippen molar-refractivity contribution in [2.24, 2.45) is 0 Å². The van der Waals surface area contributed by atoms with E-state index >= 15 is 0 Å². The molecule has 0 unspecified atom stereocenters. The third kappa shape index (κ3) is 8.60. The molecule has 3 aliphatic rings. The average molecular weight is 823 g/mol. The molecule has 19 heteroatoms. The number of fused-ring (bicyclic) bond motifs is 1. The van der Waals surface area contributed by atoms with Crippen molar-refractivity contribution in [1.29, 1.82) is 0 Å². The van der Waals surface area contributed by atoms with Gasteiger partial charge in [0, 0.05) is 11.1 Å². The minimum Gasteiger partial charge on any atom is -0.497 e. The van der Waals surface area contributed by atoms with Crippen LogP contribution < -0.4 is 19.6 Å². The van der Waals surface area contributed by atoms with Crippen LogP contribution in [0.1, 0.15) is 26.3 Å².